The van der Waals surface area contributed by atoms with Crippen LogP contribution in [0.25, 0.3) is 0 Å². The molecule has 4 aliphatic carbocycles. The summed E-state index contributed by atoms with van der Waals surface area (Å²) in [5.41, 5.74) is 3.10. The molecule has 1 N–H and O–H groups in total. The van der Waals surface area contributed by atoms with Crippen molar-refractivity contribution < 1.29 is 19.4 Å². The van der Waals surface area contributed by atoms with Crippen LogP contribution in [-0.4, -0.2) is 36.5 Å². The van der Waals surface area contributed by atoms with Gasteiger partial charge < -0.3 is 14.6 Å². The summed E-state index contributed by atoms with van der Waals surface area (Å²) in [7, 11) is 0. The molecule has 0 amide bonds. The van der Waals surface area contributed by atoms with Crippen molar-refractivity contribution in [1.82, 2.24) is 0 Å². The van der Waals surface area contributed by atoms with Crippen molar-refractivity contribution in [2.45, 2.75) is 70.0 Å². The highest BCUT2D eigenvalue weighted by Gasteiger charge is 2.57. The Hall–Kier alpha value is -0.710. The maximum absolute atomic E-state index is 12.7. The van der Waals surface area contributed by atoms with Crippen LogP contribution in [0, 0.1) is 23.2 Å². The van der Waals surface area contributed by atoms with Crippen molar-refractivity contribution in [3.05, 3.63) is 11.1 Å². The summed E-state index contributed by atoms with van der Waals surface area (Å²) >= 11 is 0. The molecule has 3 unspecified atom stereocenters. The fourth-order valence-corrected chi connectivity index (χ4v) is 7.17. The standard InChI is InChI=1S/C21H30O4/c22-10-9-20-7-5-16-15-6-8-21(24-11-12-25-21)13-14(15)1-2-17(16)18(20)3-4-19(20)23/h16-18,22H,1-13H2/t16?,17?,18?,20-/m1/s1. The van der Waals surface area contributed by atoms with Crippen LogP contribution in [0.3, 0.4) is 0 Å². The van der Waals surface area contributed by atoms with E-state index in [2.05, 4.69) is 0 Å². The van der Waals surface area contributed by atoms with Crippen molar-refractivity contribution in [2.75, 3.05) is 19.8 Å². The molecule has 1 heterocycles. The summed E-state index contributed by atoms with van der Waals surface area (Å²) in [5, 5.41) is 9.59. The third-order valence-corrected chi connectivity index (χ3v) is 8.19. The van der Waals surface area contributed by atoms with E-state index in [1.807, 2.05) is 0 Å². The minimum atomic E-state index is -0.315. The van der Waals surface area contributed by atoms with E-state index in [-0.39, 0.29) is 17.8 Å². The van der Waals surface area contributed by atoms with Gasteiger partial charge in [0.2, 0.25) is 0 Å². The van der Waals surface area contributed by atoms with E-state index in [9.17, 15) is 9.90 Å². The molecule has 138 valence electrons. The first-order chi connectivity index (χ1) is 12.2. The van der Waals surface area contributed by atoms with Gasteiger partial charge in [0.1, 0.15) is 5.78 Å². The Kier molecular flexibility index (Phi) is 3.88. The van der Waals surface area contributed by atoms with Crippen molar-refractivity contribution in [3.63, 3.8) is 0 Å². The molecule has 25 heavy (non-hydrogen) atoms. The van der Waals surface area contributed by atoms with Gasteiger partial charge in [-0.1, -0.05) is 11.1 Å². The first-order valence-corrected chi connectivity index (χ1v) is 10.3. The number of rotatable bonds is 2. The Morgan fingerprint density at radius 2 is 1.88 bits per heavy atom. The zero-order valence-electron chi connectivity index (χ0n) is 15.1. The van der Waals surface area contributed by atoms with Gasteiger partial charge in [0, 0.05) is 31.3 Å². The number of ketones is 1. The predicted octanol–water partition coefficient (Wildman–Crippen LogP) is 3.38. The molecule has 1 aliphatic heterocycles. The van der Waals surface area contributed by atoms with Gasteiger partial charge in [-0.25, -0.2) is 0 Å². The molecular weight excluding hydrogens is 316 g/mol. The number of carbonyl (C=O) groups is 1. The Labute approximate surface area is 150 Å². The molecule has 0 aromatic carbocycles. The molecule has 0 aromatic heterocycles. The second-order valence-corrected chi connectivity index (χ2v) is 8.96. The summed E-state index contributed by atoms with van der Waals surface area (Å²) in [6.45, 7) is 1.63. The average molecular weight is 346 g/mol. The number of aliphatic hydroxyl groups is 1. The topological polar surface area (TPSA) is 55.8 Å². The second kappa shape index (κ2) is 5.90. The smallest absolute Gasteiger partial charge is 0.172 e. The molecule has 0 bridgehead atoms. The molecule has 3 fully saturated rings. The van der Waals surface area contributed by atoms with Crippen molar-refractivity contribution in [1.29, 1.82) is 0 Å². The van der Waals surface area contributed by atoms with Crippen LogP contribution < -0.4 is 0 Å². The molecular formula is C21H30O4. The van der Waals surface area contributed by atoms with Gasteiger partial charge in [-0.3, -0.25) is 4.79 Å². The van der Waals surface area contributed by atoms with Crippen LogP contribution in [0.4, 0.5) is 0 Å². The number of allylic oxidation sites excluding steroid dienone is 1. The first-order valence-electron chi connectivity index (χ1n) is 10.3. The predicted molar refractivity (Wildman–Crippen MR) is 92.8 cm³/mol. The number of Topliss-reactive ketones (excluding diaryl/α,β-unsaturated/α-hetero) is 1. The lowest BCUT2D eigenvalue weighted by molar-refractivity contribution is -0.166. The Morgan fingerprint density at radius 1 is 1.04 bits per heavy atom. The maximum atomic E-state index is 12.7. The largest absolute Gasteiger partial charge is 0.396 e. The van der Waals surface area contributed by atoms with E-state index in [1.165, 1.54) is 6.42 Å². The molecule has 0 radical (unpaired) electrons. The monoisotopic (exact) mass is 346 g/mol. The molecule has 1 spiro atoms. The number of carbonyl (C=O) groups excluding carboxylic acids is 1. The van der Waals surface area contributed by atoms with Gasteiger partial charge in [0.25, 0.3) is 0 Å². The summed E-state index contributed by atoms with van der Waals surface area (Å²) in [6.07, 6.45) is 10.1. The van der Waals surface area contributed by atoms with Crippen LogP contribution in [0.15, 0.2) is 11.1 Å². The number of ether oxygens (including phenoxy) is 2. The lowest BCUT2D eigenvalue weighted by Gasteiger charge is -2.52. The van der Waals surface area contributed by atoms with E-state index in [4.69, 9.17) is 9.47 Å². The lowest BCUT2D eigenvalue weighted by Crippen LogP contribution is -2.47. The SMILES string of the molecule is O=C1CCC2C3CCC4=C(CCC5(C4)OCCO5)C3CC[C@]12CCO. The van der Waals surface area contributed by atoms with Gasteiger partial charge in [0.15, 0.2) is 5.79 Å². The Morgan fingerprint density at radius 3 is 2.68 bits per heavy atom. The second-order valence-electron chi connectivity index (χ2n) is 8.96. The molecule has 1 saturated heterocycles. The van der Waals surface area contributed by atoms with Gasteiger partial charge in [-0.2, -0.15) is 0 Å². The quantitative estimate of drug-likeness (QED) is 0.779. The van der Waals surface area contributed by atoms with E-state index >= 15 is 0 Å². The Balaban J connectivity index is 1.42. The van der Waals surface area contributed by atoms with E-state index in [1.54, 1.807) is 11.1 Å². The molecule has 5 aliphatic rings. The van der Waals surface area contributed by atoms with Crippen LogP contribution in [0.1, 0.15) is 64.2 Å². The van der Waals surface area contributed by atoms with Crippen LogP contribution >= 0.6 is 0 Å². The molecule has 4 atom stereocenters. The van der Waals surface area contributed by atoms with E-state index in [0.29, 0.717) is 30.0 Å². The van der Waals surface area contributed by atoms with Crippen LogP contribution in [-0.2, 0) is 14.3 Å². The Bertz CT molecular complexity index is 603. The molecule has 2 saturated carbocycles. The summed E-state index contributed by atoms with van der Waals surface area (Å²) in [6, 6.07) is 0. The van der Waals surface area contributed by atoms with Crippen molar-refractivity contribution in [3.8, 4) is 0 Å². The molecule has 4 nitrogen and oxygen atoms in total. The zero-order valence-corrected chi connectivity index (χ0v) is 15.1. The highest BCUT2D eigenvalue weighted by Crippen LogP contribution is 2.61. The highest BCUT2D eigenvalue weighted by molar-refractivity contribution is 5.87. The van der Waals surface area contributed by atoms with E-state index in [0.717, 1.165) is 64.6 Å². The average Bonchev–Trinajstić information content (AvgIpc) is 3.20. The van der Waals surface area contributed by atoms with Gasteiger partial charge in [-0.05, 0) is 62.7 Å². The summed E-state index contributed by atoms with van der Waals surface area (Å²) in [5.74, 6) is 1.97. The number of fused-ring (bicyclic) bond motifs is 4. The number of aliphatic hydroxyl groups excluding tert-OH is 1. The van der Waals surface area contributed by atoms with Crippen molar-refractivity contribution in [2.24, 2.45) is 23.2 Å². The van der Waals surface area contributed by atoms with Crippen molar-refractivity contribution >= 4 is 5.78 Å². The van der Waals surface area contributed by atoms with Crippen LogP contribution in [0.2, 0.25) is 0 Å². The van der Waals surface area contributed by atoms with Crippen LogP contribution in [0.5, 0.6) is 0 Å². The lowest BCUT2D eigenvalue weighted by atomic mass is 9.53. The normalized spacial score (nSPS) is 42.4. The zero-order chi connectivity index (χ0) is 17.1. The molecule has 0 aromatic rings. The fourth-order valence-electron chi connectivity index (χ4n) is 7.17. The fraction of sp³-hybridized carbons (Fsp3) is 0.857. The third kappa shape index (κ3) is 2.33. The molecule has 4 heteroatoms. The third-order valence-electron chi connectivity index (χ3n) is 8.19. The minimum absolute atomic E-state index is 0.158. The van der Waals surface area contributed by atoms with Gasteiger partial charge >= 0.3 is 0 Å². The maximum Gasteiger partial charge on any atom is 0.172 e. The highest BCUT2D eigenvalue weighted by atomic mass is 16.7. The summed E-state index contributed by atoms with van der Waals surface area (Å²) < 4.78 is 11.9. The van der Waals surface area contributed by atoms with E-state index < -0.39 is 0 Å². The number of hydrogen-bond acceptors (Lipinski definition) is 4. The number of hydrogen-bond donors (Lipinski definition) is 1. The van der Waals surface area contributed by atoms with Gasteiger partial charge in [-0.15, -0.1) is 0 Å². The first kappa shape index (κ1) is 16.5. The summed E-state index contributed by atoms with van der Waals surface area (Å²) in [4.78, 5) is 12.7. The minimum Gasteiger partial charge on any atom is -0.396 e. The van der Waals surface area contributed by atoms with Gasteiger partial charge in [0.05, 0.1) is 13.2 Å². The molecule has 5 rings (SSSR count).